The molecule has 1 saturated carbocycles. The number of rotatable bonds is 3. The Morgan fingerprint density at radius 3 is 2.27 bits per heavy atom. The topological polar surface area (TPSA) is 26.0 Å². The zero-order valence-electron chi connectivity index (χ0n) is 9.79. The van der Waals surface area contributed by atoms with Crippen LogP contribution in [0.1, 0.15) is 56.6 Å². The van der Waals surface area contributed by atoms with Crippen LogP contribution in [0, 0.1) is 0 Å². The minimum atomic E-state index is -0.00597. The third kappa shape index (κ3) is 1.93. The summed E-state index contributed by atoms with van der Waals surface area (Å²) in [6, 6.07) is 8.94. The van der Waals surface area contributed by atoms with Crippen molar-refractivity contribution in [2.45, 2.75) is 51.0 Å². The Morgan fingerprint density at radius 1 is 1.27 bits per heavy atom. The Hall–Kier alpha value is -0.820. The van der Waals surface area contributed by atoms with Crippen LogP contribution in [-0.2, 0) is 5.54 Å². The first-order valence-electron chi connectivity index (χ1n) is 6.05. The van der Waals surface area contributed by atoms with Crippen LogP contribution in [0.3, 0.4) is 0 Å². The van der Waals surface area contributed by atoms with E-state index in [4.69, 9.17) is 5.73 Å². The minimum absolute atomic E-state index is 0.00597. The maximum absolute atomic E-state index is 6.28. The van der Waals surface area contributed by atoms with Gasteiger partial charge in [0.05, 0.1) is 0 Å². The lowest BCUT2D eigenvalue weighted by Gasteiger charge is -2.38. The van der Waals surface area contributed by atoms with Gasteiger partial charge in [0.25, 0.3) is 0 Å². The van der Waals surface area contributed by atoms with E-state index in [0.717, 1.165) is 12.8 Å². The summed E-state index contributed by atoms with van der Waals surface area (Å²) in [5, 5.41) is 0. The van der Waals surface area contributed by atoms with Crippen LogP contribution in [0.2, 0.25) is 0 Å². The largest absolute Gasteiger partial charge is 0.321 e. The molecular formula is C14H21N. The average molecular weight is 203 g/mol. The molecule has 0 radical (unpaired) electrons. The van der Waals surface area contributed by atoms with Crippen molar-refractivity contribution in [1.82, 2.24) is 0 Å². The Bertz CT molecular complexity index is 322. The maximum atomic E-state index is 6.28. The number of hydrogen-bond acceptors (Lipinski definition) is 1. The Kier molecular flexibility index (Phi) is 2.83. The van der Waals surface area contributed by atoms with Crippen molar-refractivity contribution in [1.29, 1.82) is 0 Å². The molecule has 15 heavy (non-hydrogen) atoms. The van der Waals surface area contributed by atoms with Gasteiger partial charge in [-0.15, -0.1) is 0 Å². The molecule has 0 spiro atoms. The molecule has 1 aromatic carbocycles. The third-order valence-corrected chi connectivity index (χ3v) is 3.91. The van der Waals surface area contributed by atoms with Crippen LogP contribution in [0.5, 0.6) is 0 Å². The lowest BCUT2D eigenvalue weighted by atomic mass is 9.72. The zero-order chi connectivity index (χ0) is 10.9. The van der Waals surface area contributed by atoms with Crippen molar-refractivity contribution in [2.24, 2.45) is 5.73 Å². The molecule has 1 aliphatic rings. The van der Waals surface area contributed by atoms with E-state index >= 15 is 0 Å². The monoisotopic (exact) mass is 203 g/mol. The minimum Gasteiger partial charge on any atom is -0.321 e. The lowest BCUT2D eigenvalue weighted by molar-refractivity contribution is 0.253. The van der Waals surface area contributed by atoms with Crippen molar-refractivity contribution < 1.29 is 0 Å². The molecular weight excluding hydrogens is 182 g/mol. The van der Waals surface area contributed by atoms with Gasteiger partial charge in [-0.1, -0.05) is 38.1 Å². The van der Waals surface area contributed by atoms with Crippen molar-refractivity contribution in [2.75, 3.05) is 0 Å². The van der Waals surface area contributed by atoms with E-state index in [9.17, 15) is 0 Å². The summed E-state index contributed by atoms with van der Waals surface area (Å²) in [4.78, 5) is 0. The first-order valence-corrected chi connectivity index (χ1v) is 6.05. The van der Waals surface area contributed by atoms with E-state index in [0.29, 0.717) is 5.92 Å². The molecule has 1 aliphatic carbocycles. The van der Waals surface area contributed by atoms with Crippen molar-refractivity contribution in [3.63, 3.8) is 0 Å². The number of nitrogens with two attached hydrogens (primary N) is 1. The summed E-state index contributed by atoms with van der Waals surface area (Å²) in [6.45, 7) is 4.51. The van der Waals surface area contributed by atoms with Crippen molar-refractivity contribution >= 4 is 0 Å². The van der Waals surface area contributed by atoms with Gasteiger partial charge in [0.15, 0.2) is 0 Å². The van der Waals surface area contributed by atoms with Crippen molar-refractivity contribution in [3.8, 4) is 0 Å². The zero-order valence-corrected chi connectivity index (χ0v) is 9.79. The highest BCUT2D eigenvalue weighted by Crippen LogP contribution is 2.38. The molecule has 0 aliphatic heterocycles. The molecule has 1 aromatic rings. The molecule has 2 N–H and O–H groups in total. The maximum Gasteiger partial charge on any atom is 0.0409 e. The summed E-state index contributed by atoms with van der Waals surface area (Å²) < 4.78 is 0. The summed E-state index contributed by atoms with van der Waals surface area (Å²) in [6.07, 6.45) is 4.78. The second kappa shape index (κ2) is 3.97. The van der Waals surface area contributed by atoms with E-state index in [-0.39, 0.29) is 5.54 Å². The van der Waals surface area contributed by atoms with E-state index < -0.39 is 0 Å². The van der Waals surface area contributed by atoms with Gasteiger partial charge in [0.2, 0.25) is 0 Å². The van der Waals surface area contributed by atoms with Gasteiger partial charge in [-0.25, -0.2) is 0 Å². The highest BCUT2D eigenvalue weighted by atomic mass is 14.8. The van der Waals surface area contributed by atoms with Gasteiger partial charge in [-0.05, 0) is 42.7 Å². The summed E-state index contributed by atoms with van der Waals surface area (Å²) in [7, 11) is 0. The van der Waals surface area contributed by atoms with E-state index in [1.807, 2.05) is 0 Å². The van der Waals surface area contributed by atoms with Gasteiger partial charge >= 0.3 is 0 Å². The fourth-order valence-corrected chi connectivity index (χ4v) is 2.23. The average Bonchev–Trinajstić information content (AvgIpc) is 2.25. The number of benzene rings is 1. The molecule has 1 unspecified atom stereocenters. The van der Waals surface area contributed by atoms with Gasteiger partial charge in [-0.2, -0.15) is 0 Å². The molecule has 2 rings (SSSR count). The molecule has 1 nitrogen and oxygen atoms in total. The third-order valence-electron chi connectivity index (χ3n) is 3.91. The molecule has 0 amide bonds. The predicted octanol–water partition coefficient (Wildman–Crippen LogP) is 3.54. The first-order chi connectivity index (χ1) is 7.15. The standard InChI is InChI=1S/C14H21N/c1-3-11(2)12-5-7-13(8-6-12)14(15)9-4-10-14/h5-8,11H,3-4,9-10,15H2,1-2H3. The molecule has 0 saturated heterocycles. The molecule has 1 fully saturated rings. The highest BCUT2D eigenvalue weighted by molar-refractivity contribution is 5.31. The molecule has 0 bridgehead atoms. The quantitative estimate of drug-likeness (QED) is 0.799. The van der Waals surface area contributed by atoms with Gasteiger partial charge in [-0.3, -0.25) is 0 Å². The second-order valence-electron chi connectivity index (χ2n) is 4.94. The first kappa shape index (κ1) is 10.7. The number of hydrogen-bond donors (Lipinski definition) is 1. The molecule has 0 heterocycles. The van der Waals surface area contributed by atoms with E-state index in [1.165, 1.54) is 24.0 Å². The fourth-order valence-electron chi connectivity index (χ4n) is 2.23. The van der Waals surface area contributed by atoms with Gasteiger partial charge in [0.1, 0.15) is 0 Å². The fraction of sp³-hybridized carbons (Fsp3) is 0.571. The summed E-state index contributed by atoms with van der Waals surface area (Å²) >= 11 is 0. The normalized spacial score (nSPS) is 20.7. The second-order valence-corrected chi connectivity index (χ2v) is 4.94. The summed E-state index contributed by atoms with van der Waals surface area (Å²) in [5.41, 5.74) is 9.03. The SMILES string of the molecule is CCC(C)c1ccc(C2(N)CCC2)cc1. The summed E-state index contributed by atoms with van der Waals surface area (Å²) in [5.74, 6) is 0.661. The molecule has 1 atom stereocenters. The predicted molar refractivity (Wildman–Crippen MR) is 64.9 cm³/mol. The highest BCUT2D eigenvalue weighted by Gasteiger charge is 2.33. The molecule has 0 aromatic heterocycles. The smallest absolute Gasteiger partial charge is 0.0409 e. The van der Waals surface area contributed by atoms with Gasteiger partial charge < -0.3 is 5.73 Å². The lowest BCUT2D eigenvalue weighted by Crippen LogP contribution is -2.43. The Labute approximate surface area is 92.7 Å². The van der Waals surface area contributed by atoms with E-state index in [1.54, 1.807) is 0 Å². The molecule has 82 valence electrons. The Balaban J connectivity index is 2.17. The van der Waals surface area contributed by atoms with Crippen LogP contribution in [0.25, 0.3) is 0 Å². The van der Waals surface area contributed by atoms with Crippen LogP contribution < -0.4 is 5.73 Å². The Morgan fingerprint density at radius 2 is 1.87 bits per heavy atom. The molecule has 1 heteroatoms. The van der Waals surface area contributed by atoms with E-state index in [2.05, 4.69) is 38.1 Å². The van der Waals surface area contributed by atoms with Crippen LogP contribution >= 0.6 is 0 Å². The van der Waals surface area contributed by atoms with Crippen LogP contribution in [0.4, 0.5) is 0 Å². The van der Waals surface area contributed by atoms with Crippen molar-refractivity contribution in [3.05, 3.63) is 35.4 Å². The van der Waals surface area contributed by atoms with Crippen LogP contribution in [-0.4, -0.2) is 0 Å². The van der Waals surface area contributed by atoms with Gasteiger partial charge in [0, 0.05) is 5.54 Å². The van der Waals surface area contributed by atoms with Crippen LogP contribution in [0.15, 0.2) is 24.3 Å².